The fourth-order valence-electron chi connectivity index (χ4n) is 4.74. The molecule has 1 aliphatic carbocycles. The highest BCUT2D eigenvalue weighted by Crippen LogP contribution is 2.39. The number of anilines is 2. The number of hydrogen-bond donors (Lipinski definition) is 3. The van der Waals surface area contributed by atoms with Crippen LogP contribution in [-0.2, 0) is 16.1 Å². The molecule has 1 fully saturated rings. The first-order valence-corrected chi connectivity index (χ1v) is 12.8. The molecule has 0 bridgehead atoms. The van der Waals surface area contributed by atoms with Gasteiger partial charge in [-0.2, -0.15) is 10.2 Å². The second kappa shape index (κ2) is 10.9. The number of rotatable bonds is 8. The van der Waals surface area contributed by atoms with Crippen molar-refractivity contribution in [3.05, 3.63) is 70.7 Å². The molecule has 0 radical (unpaired) electrons. The van der Waals surface area contributed by atoms with E-state index in [4.69, 9.17) is 21.3 Å². The topological polar surface area (TPSA) is 136 Å². The number of pyridine rings is 1. The molecule has 12 heteroatoms. The molecule has 198 valence electrons. The number of halogens is 1. The van der Waals surface area contributed by atoms with E-state index in [1.165, 1.54) is 0 Å². The lowest BCUT2D eigenvalue weighted by Crippen LogP contribution is -2.50. The SMILES string of the molecule is COC1(C(=O)NCc2ccc(-n3cc(Cl)cn3)nc2)CCC(c2nc(C)cc(Nc3cc(C)[nH]n3)n2)CC1. The molecule has 3 N–H and O–H groups in total. The summed E-state index contributed by atoms with van der Waals surface area (Å²) < 4.78 is 7.40. The fourth-order valence-corrected chi connectivity index (χ4v) is 4.88. The fraction of sp³-hybridized carbons (Fsp3) is 0.385. The second-order valence-electron chi connectivity index (χ2n) is 9.60. The third-order valence-electron chi connectivity index (χ3n) is 6.84. The van der Waals surface area contributed by atoms with Crippen LogP contribution in [0.5, 0.6) is 0 Å². The molecule has 0 unspecified atom stereocenters. The predicted molar refractivity (Wildman–Crippen MR) is 143 cm³/mol. The molecule has 1 aliphatic rings. The van der Waals surface area contributed by atoms with E-state index in [1.807, 2.05) is 38.1 Å². The molecule has 1 saturated carbocycles. The van der Waals surface area contributed by atoms with E-state index in [1.54, 1.807) is 30.4 Å². The third-order valence-corrected chi connectivity index (χ3v) is 7.04. The lowest BCUT2D eigenvalue weighted by molar-refractivity contribution is -0.148. The van der Waals surface area contributed by atoms with Crippen molar-refractivity contribution in [2.45, 2.75) is 57.6 Å². The van der Waals surface area contributed by atoms with Crippen LogP contribution in [0.25, 0.3) is 5.82 Å². The molecular weight excluding hydrogens is 506 g/mol. The van der Waals surface area contributed by atoms with E-state index in [0.717, 1.165) is 35.6 Å². The Morgan fingerprint density at radius 2 is 2.00 bits per heavy atom. The third kappa shape index (κ3) is 5.68. The molecule has 0 spiro atoms. The summed E-state index contributed by atoms with van der Waals surface area (Å²) >= 11 is 5.93. The van der Waals surface area contributed by atoms with Gasteiger partial charge in [0.2, 0.25) is 0 Å². The standard InChI is InChI=1S/C26H30ClN9O2/c1-16-10-21(32-22-11-17(2)34-35-22)33-24(31-16)19-6-8-26(38-3,9-7-19)25(37)29-13-18-4-5-23(28-12-18)36-15-20(27)14-30-36/h4-5,10-12,14-15,19H,6-9,13H2,1-3H3,(H,29,37)(H2,31,32,33,34,35). The Morgan fingerprint density at radius 1 is 1.18 bits per heavy atom. The van der Waals surface area contributed by atoms with Crippen molar-refractivity contribution in [2.24, 2.45) is 0 Å². The Morgan fingerprint density at radius 3 is 2.63 bits per heavy atom. The molecule has 4 heterocycles. The van der Waals surface area contributed by atoms with Crippen LogP contribution in [0.4, 0.5) is 11.6 Å². The molecule has 1 amide bonds. The first-order chi connectivity index (χ1) is 18.3. The smallest absolute Gasteiger partial charge is 0.252 e. The number of ether oxygens (including phenoxy) is 1. The highest BCUT2D eigenvalue weighted by molar-refractivity contribution is 6.30. The van der Waals surface area contributed by atoms with Gasteiger partial charge in [0.1, 0.15) is 17.2 Å². The molecule has 38 heavy (non-hydrogen) atoms. The van der Waals surface area contributed by atoms with Gasteiger partial charge in [0, 0.05) is 49.3 Å². The number of amides is 1. The number of nitrogens with zero attached hydrogens (tertiary/aromatic N) is 6. The highest BCUT2D eigenvalue weighted by atomic mass is 35.5. The summed E-state index contributed by atoms with van der Waals surface area (Å²) in [5.74, 6) is 2.85. The van der Waals surface area contributed by atoms with Crippen LogP contribution in [0.15, 0.2) is 42.9 Å². The molecule has 4 aromatic heterocycles. The van der Waals surface area contributed by atoms with Gasteiger partial charge in [0.05, 0.1) is 17.4 Å². The van der Waals surface area contributed by atoms with Gasteiger partial charge in [-0.1, -0.05) is 17.7 Å². The van der Waals surface area contributed by atoms with Gasteiger partial charge in [0.25, 0.3) is 5.91 Å². The number of aromatic amines is 1. The average molecular weight is 536 g/mol. The zero-order valence-corrected chi connectivity index (χ0v) is 22.3. The zero-order chi connectivity index (χ0) is 26.7. The minimum Gasteiger partial charge on any atom is -0.368 e. The molecule has 0 aliphatic heterocycles. The maximum atomic E-state index is 13.2. The van der Waals surface area contributed by atoms with Crippen molar-refractivity contribution >= 4 is 29.1 Å². The first kappa shape index (κ1) is 25.8. The largest absolute Gasteiger partial charge is 0.368 e. The lowest BCUT2D eigenvalue weighted by Gasteiger charge is -2.37. The highest BCUT2D eigenvalue weighted by Gasteiger charge is 2.42. The van der Waals surface area contributed by atoms with Crippen molar-refractivity contribution in [3.8, 4) is 5.82 Å². The summed E-state index contributed by atoms with van der Waals surface area (Å²) in [6.07, 6.45) is 7.60. The summed E-state index contributed by atoms with van der Waals surface area (Å²) in [5.41, 5.74) is 1.84. The van der Waals surface area contributed by atoms with Crippen LogP contribution < -0.4 is 10.6 Å². The van der Waals surface area contributed by atoms with Crippen molar-refractivity contribution in [2.75, 3.05) is 12.4 Å². The van der Waals surface area contributed by atoms with Crippen LogP contribution in [0.1, 0.15) is 54.4 Å². The van der Waals surface area contributed by atoms with Crippen LogP contribution >= 0.6 is 11.6 Å². The number of hydrogen-bond acceptors (Lipinski definition) is 8. The normalized spacial score (nSPS) is 19.3. The number of carbonyl (C=O) groups is 1. The Kier molecular flexibility index (Phi) is 7.39. The van der Waals surface area contributed by atoms with E-state index in [-0.39, 0.29) is 11.8 Å². The van der Waals surface area contributed by atoms with E-state index in [2.05, 4.69) is 35.9 Å². The summed E-state index contributed by atoms with van der Waals surface area (Å²) in [6.45, 7) is 4.25. The van der Waals surface area contributed by atoms with Crippen molar-refractivity contribution in [1.29, 1.82) is 0 Å². The number of methoxy groups -OCH3 is 1. The van der Waals surface area contributed by atoms with Gasteiger partial charge >= 0.3 is 0 Å². The first-order valence-electron chi connectivity index (χ1n) is 12.5. The molecule has 0 atom stereocenters. The average Bonchev–Trinajstić information content (AvgIpc) is 3.54. The lowest BCUT2D eigenvalue weighted by atomic mass is 9.77. The molecule has 5 rings (SSSR count). The molecule has 11 nitrogen and oxygen atoms in total. The Bertz CT molecular complexity index is 1410. The minimum atomic E-state index is -0.882. The summed E-state index contributed by atoms with van der Waals surface area (Å²) in [7, 11) is 1.60. The van der Waals surface area contributed by atoms with Gasteiger partial charge < -0.3 is 15.4 Å². The maximum Gasteiger partial charge on any atom is 0.252 e. The Labute approximate surface area is 225 Å². The van der Waals surface area contributed by atoms with Gasteiger partial charge in [-0.05, 0) is 51.2 Å². The number of carbonyl (C=O) groups excluding carboxylic acids is 1. The quantitative estimate of drug-likeness (QED) is 0.306. The van der Waals surface area contributed by atoms with Gasteiger partial charge in [-0.3, -0.25) is 9.89 Å². The van der Waals surface area contributed by atoms with E-state index in [0.29, 0.717) is 41.9 Å². The summed E-state index contributed by atoms with van der Waals surface area (Å²) in [6, 6.07) is 7.55. The Hall–Kier alpha value is -3.83. The van der Waals surface area contributed by atoms with Crippen molar-refractivity contribution < 1.29 is 9.53 Å². The molecular formula is C26H30ClN9O2. The minimum absolute atomic E-state index is 0.122. The number of nitrogens with one attached hydrogen (secondary N) is 3. The van der Waals surface area contributed by atoms with Gasteiger partial charge in [-0.15, -0.1) is 0 Å². The van der Waals surface area contributed by atoms with Crippen LogP contribution in [-0.4, -0.2) is 53.5 Å². The zero-order valence-electron chi connectivity index (χ0n) is 21.5. The van der Waals surface area contributed by atoms with Crippen molar-refractivity contribution in [3.63, 3.8) is 0 Å². The van der Waals surface area contributed by atoms with E-state index in [9.17, 15) is 4.79 Å². The van der Waals surface area contributed by atoms with Crippen LogP contribution in [0.3, 0.4) is 0 Å². The Balaban J connectivity index is 1.19. The second-order valence-corrected chi connectivity index (χ2v) is 10.0. The molecule has 0 saturated heterocycles. The van der Waals surface area contributed by atoms with Gasteiger partial charge in [0.15, 0.2) is 11.6 Å². The van der Waals surface area contributed by atoms with E-state index >= 15 is 0 Å². The van der Waals surface area contributed by atoms with E-state index < -0.39 is 5.60 Å². The van der Waals surface area contributed by atoms with Gasteiger partial charge in [-0.25, -0.2) is 19.6 Å². The van der Waals surface area contributed by atoms with Crippen LogP contribution in [0, 0.1) is 13.8 Å². The summed E-state index contributed by atoms with van der Waals surface area (Å²) in [5, 5.41) is 18.1. The summed E-state index contributed by atoms with van der Waals surface area (Å²) in [4.78, 5) is 27.1. The number of H-pyrrole nitrogens is 1. The van der Waals surface area contributed by atoms with Crippen molar-refractivity contribution in [1.82, 2.24) is 40.2 Å². The predicted octanol–water partition coefficient (Wildman–Crippen LogP) is 4.15. The monoisotopic (exact) mass is 535 g/mol. The number of aryl methyl sites for hydroxylation is 2. The maximum absolute atomic E-state index is 13.2. The molecule has 0 aromatic carbocycles. The number of aromatic nitrogens is 7. The molecule has 4 aromatic rings. The van der Waals surface area contributed by atoms with Crippen LogP contribution in [0.2, 0.25) is 5.02 Å².